The van der Waals surface area contributed by atoms with Crippen LogP contribution in [-0.2, 0) is 4.74 Å². The fraction of sp³-hybridized carbons (Fsp3) is 0.737. The largest absolute Gasteiger partial charge is 0.396 e. The molecule has 3 N–H and O–H groups in total. The summed E-state index contributed by atoms with van der Waals surface area (Å²) in [5.41, 5.74) is 0.0223. The van der Waals surface area contributed by atoms with Crippen molar-refractivity contribution in [3.05, 3.63) is 22.4 Å². The minimum absolute atomic E-state index is 0. The Balaban J connectivity index is 0.00000261. The first kappa shape index (κ1) is 22.9. The number of guanidine groups is 1. The van der Waals surface area contributed by atoms with Crippen molar-refractivity contribution < 1.29 is 9.84 Å². The molecule has 2 aliphatic rings. The second-order valence-electron chi connectivity index (χ2n) is 7.36. The van der Waals surface area contributed by atoms with E-state index in [0.717, 1.165) is 38.5 Å². The highest BCUT2D eigenvalue weighted by atomic mass is 127. The molecule has 0 saturated carbocycles. The number of aliphatic hydroxyl groups excluding tert-OH is 1. The lowest BCUT2D eigenvalue weighted by atomic mass is 9.84. The van der Waals surface area contributed by atoms with Crippen LogP contribution in [0.2, 0.25) is 0 Å². The van der Waals surface area contributed by atoms with Crippen molar-refractivity contribution in [2.45, 2.75) is 31.7 Å². The number of nitrogens with one attached hydrogen (secondary N) is 2. The number of rotatable bonds is 8. The van der Waals surface area contributed by atoms with E-state index in [2.05, 4.69) is 38.0 Å². The Kier molecular flexibility index (Phi) is 9.78. The zero-order chi connectivity index (χ0) is 18.2. The van der Waals surface area contributed by atoms with Crippen molar-refractivity contribution >= 4 is 41.3 Å². The summed E-state index contributed by atoms with van der Waals surface area (Å²) in [6.07, 6.45) is 4.34. The maximum atomic E-state index is 9.38. The third-order valence-electron chi connectivity index (χ3n) is 5.60. The van der Waals surface area contributed by atoms with Crippen molar-refractivity contribution in [2.75, 3.05) is 53.0 Å². The third-order valence-corrected chi connectivity index (χ3v) is 6.57. The maximum absolute atomic E-state index is 9.38. The van der Waals surface area contributed by atoms with E-state index in [0.29, 0.717) is 12.6 Å². The average Bonchev–Trinajstić information content (AvgIpc) is 3.41. The van der Waals surface area contributed by atoms with Gasteiger partial charge in [0.25, 0.3) is 0 Å². The molecule has 0 aromatic carbocycles. The number of likely N-dealkylation sites (tertiary alicyclic amines) is 1. The van der Waals surface area contributed by atoms with E-state index in [1.165, 1.54) is 30.8 Å². The topological polar surface area (TPSA) is 69.1 Å². The Hall–Kier alpha value is -0.420. The maximum Gasteiger partial charge on any atom is 0.191 e. The van der Waals surface area contributed by atoms with E-state index in [9.17, 15) is 5.11 Å². The first-order chi connectivity index (χ1) is 12.8. The van der Waals surface area contributed by atoms with Crippen LogP contribution in [0.25, 0.3) is 0 Å². The fourth-order valence-electron chi connectivity index (χ4n) is 3.94. The molecule has 1 aromatic rings. The number of thiophene rings is 1. The van der Waals surface area contributed by atoms with Crippen LogP contribution in [0.3, 0.4) is 0 Å². The minimum Gasteiger partial charge on any atom is -0.396 e. The molecule has 6 nitrogen and oxygen atoms in total. The quantitative estimate of drug-likeness (QED) is 0.286. The van der Waals surface area contributed by atoms with Gasteiger partial charge >= 0.3 is 0 Å². The molecule has 0 radical (unpaired) electrons. The van der Waals surface area contributed by atoms with Crippen LogP contribution in [0.5, 0.6) is 0 Å². The summed E-state index contributed by atoms with van der Waals surface area (Å²) in [6, 6.07) is 4.77. The van der Waals surface area contributed by atoms with E-state index in [4.69, 9.17) is 4.74 Å². The molecule has 0 bridgehead atoms. The van der Waals surface area contributed by atoms with Crippen LogP contribution in [-0.4, -0.2) is 69.0 Å². The molecule has 3 rings (SSSR count). The molecular weight excluding hydrogens is 475 g/mol. The molecule has 27 heavy (non-hydrogen) atoms. The lowest BCUT2D eigenvalue weighted by Gasteiger charge is -2.30. The number of aliphatic hydroxyl groups is 1. The van der Waals surface area contributed by atoms with Gasteiger partial charge in [-0.2, -0.15) is 0 Å². The first-order valence-corrected chi connectivity index (χ1v) is 10.5. The fourth-order valence-corrected chi connectivity index (χ4v) is 4.80. The number of nitrogens with zero attached hydrogens (tertiary/aromatic N) is 2. The number of ether oxygens (including phenoxy) is 1. The van der Waals surface area contributed by atoms with Crippen molar-refractivity contribution in [3.63, 3.8) is 0 Å². The number of halogens is 1. The summed E-state index contributed by atoms with van der Waals surface area (Å²) in [5, 5.41) is 18.5. The molecule has 2 atom stereocenters. The number of hydrogen-bond acceptors (Lipinski definition) is 5. The highest BCUT2D eigenvalue weighted by Crippen LogP contribution is 2.31. The van der Waals surface area contributed by atoms with Crippen molar-refractivity contribution in [3.8, 4) is 0 Å². The molecule has 2 fully saturated rings. The van der Waals surface area contributed by atoms with Crippen LogP contribution in [0.1, 0.15) is 36.6 Å². The normalized spacial score (nSPS) is 24.6. The van der Waals surface area contributed by atoms with Gasteiger partial charge in [-0.1, -0.05) is 6.07 Å². The molecule has 0 aliphatic carbocycles. The molecule has 8 heteroatoms. The molecule has 1 aromatic heterocycles. The van der Waals surface area contributed by atoms with Gasteiger partial charge in [-0.25, -0.2) is 0 Å². The Morgan fingerprint density at radius 3 is 2.81 bits per heavy atom. The van der Waals surface area contributed by atoms with Crippen molar-refractivity contribution in [1.82, 2.24) is 15.5 Å². The van der Waals surface area contributed by atoms with E-state index in [-0.39, 0.29) is 36.0 Å². The Labute approximate surface area is 183 Å². The lowest BCUT2D eigenvalue weighted by Crippen LogP contribution is -2.46. The number of aliphatic imine (C=N–C) groups is 1. The molecular formula is C19H33IN4O2S. The van der Waals surface area contributed by atoms with Gasteiger partial charge in [0.1, 0.15) is 0 Å². The molecule has 0 amide bonds. The van der Waals surface area contributed by atoms with Gasteiger partial charge < -0.3 is 20.5 Å². The van der Waals surface area contributed by atoms with E-state index in [1.54, 1.807) is 0 Å². The van der Waals surface area contributed by atoms with Crippen LogP contribution in [0.4, 0.5) is 0 Å². The standard InChI is InChI=1S/C19H32N4O2S.HI/c1-20-18(22-14-19(6-10-24)7-11-25-15-19)21-13-16(17-5-4-12-26-17)23-8-2-3-9-23;/h4-5,12,16,24H,2-3,6-11,13-15H2,1H3,(H2,20,21,22);1H. The Morgan fingerprint density at radius 1 is 1.41 bits per heavy atom. The van der Waals surface area contributed by atoms with E-state index in [1.807, 2.05) is 18.4 Å². The second kappa shape index (κ2) is 11.5. The number of hydrogen-bond donors (Lipinski definition) is 3. The summed E-state index contributed by atoms with van der Waals surface area (Å²) in [5.74, 6) is 0.829. The molecule has 2 unspecified atom stereocenters. The average molecular weight is 508 g/mol. The zero-order valence-electron chi connectivity index (χ0n) is 16.2. The SMILES string of the molecule is CN=C(NCC(c1cccs1)N1CCCC1)NCC1(CCO)CCOC1.I. The third kappa shape index (κ3) is 6.28. The smallest absolute Gasteiger partial charge is 0.191 e. The van der Waals surface area contributed by atoms with Crippen molar-refractivity contribution in [2.24, 2.45) is 10.4 Å². The van der Waals surface area contributed by atoms with Gasteiger partial charge in [-0.05, 0) is 50.2 Å². The molecule has 0 spiro atoms. The van der Waals surface area contributed by atoms with E-state index >= 15 is 0 Å². The molecule has 3 heterocycles. The summed E-state index contributed by atoms with van der Waals surface area (Å²) in [7, 11) is 1.81. The highest BCUT2D eigenvalue weighted by molar-refractivity contribution is 14.0. The minimum atomic E-state index is 0. The van der Waals surface area contributed by atoms with Gasteiger partial charge in [-0.3, -0.25) is 9.89 Å². The summed E-state index contributed by atoms with van der Waals surface area (Å²) in [6.45, 7) is 5.67. The lowest BCUT2D eigenvalue weighted by molar-refractivity contribution is 0.127. The van der Waals surface area contributed by atoms with Crippen molar-refractivity contribution in [1.29, 1.82) is 0 Å². The Morgan fingerprint density at radius 2 is 2.22 bits per heavy atom. The molecule has 2 saturated heterocycles. The molecule has 154 valence electrons. The van der Waals surface area contributed by atoms with Crippen LogP contribution >= 0.6 is 35.3 Å². The van der Waals surface area contributed by atoms with Gasteiger partial charge in [0.15, 0.2) is 5.96 Å². The summed E-state index contributed by atoms with van der Waals surface area (Å²) >= 11 is 1.83. The predicted octanol–water partition coefficient (Wildman–Crippen LogP) is 2.46. The Bertz CT molecular complexity index is 558. The highest BCUT2D eigenvalue weighted by Gasteiger charge is 2.34. The summed E-state index contributed by atoms with van der Waals surface area (Å²) in [4.78, 5) is 8.38. The zero-order valence-corrected chi connectivity index (χ0v) is 19.3. The second-order valence-corrected chi connectivity index (χ2v) is 8.34. The summed E-state index contributed by atoms with van der Waals surface area (Å²) < 4.78 is 5.58. The van der Waals surface area contributed by atoms with Gasteiger partial charge in [0, 0.05) is 43.6 Å². The van der Waals surface area contributed by atoms with Gasteiger partial charge in [0.2, 0.25) is 0 Å². The molecule has 2 aliphatic heterocycles. The predicted molar refractivity (Wildman–Crippen MR) is 122 cm³/mol. The monoisotopic (exact) mass is 508 g/mol. The van der Waals surface area contributed by atoms with Gasteiger partial charge in [-0.15, -0.1) is 35.3 Å². The first-order valence-electron chi connectivity index (χ1n) is 9.67. The van der Waals surface area contributed by atoms with Gasteiger partial charge in [0.05, 0.1) is 12.6 Å². The van der Waals surface area contributed by atoms with Crippen LogP contribution in [0, 0.1) is 5.41 Å². The van der Waals surface area contributed by atoms with Crippen LogP contribution < -0.4 is 10.6 Å². The van der Waals surface area contributed by atoms with E-state index < -0.39 is 0 Å². The van der Waals surface area contributed by atoms with Crippen LogP contribution in [0.15, 0.2) is 22.5 Å².